The Morgan fingerprint density at radius 2 is 2.05 bits per heavy atom. The lowest BCUT2D eigenvalue weighted by Gasteiger charge is -2.37. The first-order valence-corrected chi connectivity index (χ1v) is 7.95. The number of hydrogen-bond donors (Lipinski definition) is 0. The highest BCUT2D eigenvalue weighted by molar-refractivity contribution is 7.99. The fraction of sp³-hybridized carbons (Fsp3) is 0.786. The van der Waals surface area contributed by atoms with E-state index in [1.807, 2.05) is 18.7 Å². The molecule has 1 aliphatic carbocycles. The van der Waals surface area contributed by atoms with Gasteiger partial charge in [-0.2, -0.15) is 11.8 Å². The monoisotopic (exact) mass is 283 g/mol. The minimum Gasteiger partial charge on any atom is -0.396 e. The number of oxime groups is 1. The summed E-state index contributed by atoms with van der Waals surface area (Å²) in [6, 6.07) is 0. The third-order valence-corrected chi connectivity index (χ3v) is 5.77. The molecule has 0 amide bonds. The summed E-state index contributed by atoms with van der Waals surface area (Å²) >= 11 is 1.86. The average Bonchev–Trinajstić information content (AvgIpc) is 2.67. The number of nitrogens with zero attached hydrogens (tertiary/aromatic N) is 1. The van der Waals surface area contributed by atoms with Crippen molar-refractivity contribution in [2.75, 3.05) is 18.1 Å². The molecule has 2 rings (SSSR count). The van der Waals surface area contributed by atoms with Gasteiger partial charge in [0.2, 0.25) is 0 Å². The summed E-state index contributed by atoms with van der Waals surface area (Å²) in [5, 5.41) is 3.87. The maximum atomic E-state index is 12.3. The first-order chi connectivity index (χ1) is 9.00. The van der Waals surface area contributed by atoms with E-state index in [0.717, 1.165) is 11.5 Å². The Bertz CT molecular complexity index is 401. The number of thioether (sulfide) groups is 1. The van der Waals surface area contributed by atoms with E-state index in [-0.39, 0.29) is 17.0 Å². The first kappa shape index (κ1) is 14.6. The number of carbonyl (C=O) groups excluding carboxylic acids is 2. The maximum Gasteiger partial charge on any atom is 0.149 e. The van der Waals surface area contributed by atoms with Gasteiger partial charge in [-0.05, 0) is 30.9 Å². The van der Waals surface area contributed by atoms with Crippen LogP contribution in [0.1, 0.15) is 33.6 Å². The van der Waals surface area contributed by atoms with Crippen LogP contribution in [0.15, 0.2) is 5.16 Å². The molecule has 1 unspecified atom stereocenters. The quantitative estimate of drug-likeness (QED) is 0.453. The van der Waals surface area contributed by atoms with Crippen LogP contribution in [0, 0.1) is 17.3 Å². The van der Waals surface area contributed by atoms with Crippen LogP contribution in [0.2, 0.25) is 0 Å². The van der Waals surface area contributed by atoms with Crippen LogP contribution >= 0.6 is 11.8 Å². The van der Waals surface area contributed by atoms with Gasteiger partial charge in [0.25, 0.3) is 0 Å². The van der Waals surface area contributed by atoms with Gasteiger partial charge in [0.1, 0.15) is 24.1 Å². The summed E-state index contributed by atoms with van der Waals surface area (Å²) in [6.45, 7) is 6.14. The van der Waals surface area contributed by atoms with Gasteiger partial charge in [-0.1, -0.05) is 12.1 Å². The zero-order valence-corrected chi connectivity index (χ0v) is 12.6. The minimum absolute atomic E-state index is 0.0200. The third kappa shape index (κ3) is 2.71. The minimum atomic E-state index is -0.671. The molecular formula is C14H21NO3S. The van der Waals surface area contributed by atoms with E-state index in [0.29, 0.717) is 31.1 Å². The molecule has 0 aromatic carbocycles. The molecular weight excluding hydrogens is 262 g/mol. The van der Waals surface area contributed by atoms with Crippen molar-refractivity contribution in [2.24, 2.45) is 22.4 Å². The van der Waals surface area contributed by atoms with Gasteiger partial charge in [0.15, 0.2) is 0 Å². The van der Waals surface area contributed by atoms with Gasteiger partial charge in [-0.15, -0.1) is 0 Å². The van der Waals surface area contributed by atoms with E-state index < -0.39 is 5.92 Å². The molecule has 0 aromatic heterocycles. The Morgan fingerprint density at radius 1 is 1.42 bits per heavy atom. The molecule has 5 heteroatoms. The highest BCUT2D eigenvalue weighted by Crippen LogP contribution is 2.49. The van der Waals surface area contributed by atoms with Gasteiger partial charge in [0, 0.05) is 18.6 Å². The fourth-order valence-corrected chi connectivity index (χ4v) is 4.75. The summed E-state index contributed by atoms with van der Waals surface area (Å²) in [4.78, 5) is 29.7. The second kappa shape index (κ2) is 5.65. The molecule has 19 heavy (non-hydrogen) atoms. The van der Waals surface area contributed by atoms with Crippen LogP contribution in [0.4, 0.5) is 0 Å². The smallest absolute Gasteiger partial charge is 0.149 e. The van der Waals surface area contributed by atoms with Crippen LogP contribution in [0.25, 0.3) is 0 Å². The maximum absolute atomic E-state index is 12.3. The molecule has 1 atom stereocenters. The molecule has 1 spiro atoms. The normalized spacial score (nSPS) is 36.1. The van der Waals surface area contributed by atoms with Crippen molar-refractivity contribution in [3.8, 4) is 0 Å². The molecule has 0 aromatic rings. The summed E-state index contributed by atoms with van der Waals surface area (Å²) in [7, 11) is 0. The Kier molecular flexibility index (Phi) is 4.33. The van der Waals surface area contributed by atoms with E-state index in [9.17, 15) is 9.59 Å². The molecule has 106 valence electrons. The molecule has 1 heterocycles. The molecule has 0 bridgehead atoms. The van der Waals surface area contributed by atoms with Gasteiger partial charge in [-0.25, -0.2) is 0 Å². The highest BCUT2D eigenvalue weighted by Gasteiger charge is 2.50. The number of ketones is 2. The van der Waals surface area contributed by atoms with Crippen LogP contribution in [-0.2, 0) is 14.4 Å². The molecule has 0 N–H and O–H groups in total. The molecule has 1 saturated heterocycles. The molecule has 2 fully saturated rings. The van der Waals surface area contributed by atoms with Crippen molar-refractivity contribution in [1.29, 1.82) is 0 Å². The van der Waals surface area contributed by atoms with Gasteiger partial charge in [0.05, 0.1) is 5.71 Å². The third-order valence-electron chi connectivity index (χ3n) is 4.25. The van der Waals surface area contributed by atoms with E-state index in [4.69, 9.17) is 4.84 Å². The topological polar surface area (TPSA) is 55.7 Å². The van der Waals surface area contributed by atoms with Crippen molar-refractivity contribution in [1.82, 2.24) is 0 Å². The fourth-order valence-electron chi connectivity index (χ4n) is 3.03. The van der Waals surface area contributed by atoms with Crippen molar-refractivity contribution in [2.45, 2.75) is 33.6 Å². The highest BCUT2D eigenvalue weighted by atomic mass is 32.2. The second-order valence-electron chi connectivity index (χ2n) is 5.65. The van der Waals surface area contributed by atoms with Crippen molar-refractivity contribution < 1.29 is 14.4 Å². The second-order valence-corrected chi connectivity index (χ2v) is 6.68. The molecule has 2 aliphatic rings. The van der Waals surface area contributed by atoms with E-state index in [2.05, 4.69) is 12.1 Å². The van der Waals surface area contributed by atoms with Crippen molar-refractivity contribution >= 4 is 29.0 Å². The van der Waals surface area contributed by atoms with Gasteiger partial charge in [-0.3, -0.25) is 9.59 Å². The largest absolute Gasteiger partial charge is 0.396 e. The average molecular weight is 283 g/mol. The van der Waals surface area contributed by atoms with Crippen LogP contribution < -0.4 is 0 Å². The number of rotatable bonds is 3. The van der Waals surface area contributed by atoms with Crippen molar-refractivity contribution in [3.05, 3.63) is 0 Å². The summed E-state index contributed by atoms with van der Waals surface area (Å²) < 4.78 is 0. The lowest BCUT2D eigenvalue weighted by Crippen LogP contribution is -2.46. The summed E-state index contributed by atoms with van der Waals surface area (Å²) in [6.07, 6.45) is 1.02. The zero-order chi connectivity index (χ0) is 14.0. The number of carbonyl (C=O) groups is 2. The summed E-state index contributed by atoms with van der Waals surface area (Å²) in [5.74, 6) is 1.79. The SMILES string of the molecule is CCON=C(C)C1C(=O)CC2(CSCC2C)CC1=O. The van der Waals surface area contributed by atoms with Crippen LogP contribution in [-0.4, -0.2) is 35.4 Å². The molecule has 0 radical (unpaired) electrons. The predicted molar refractivity (Wildman–Crippen MR) is 76.4 cm³/mol. The Morgan fingerprint density at radius 3 is 2.53 bits per heavy atom. The standard InChI is InChI=1S/C14H21NO3S/c1-4-18-15-10(3)13-11(16)5-14(6-12(13)17)8-19-7-9(14)2/h9,13H,4-8H2,1-3H3. The van der Waals surface area contributed by atoms with E-state index >= 15 is 0 Å². The molecule has 1 aliphatic heterocycles. The number of hydrogen-bond acceptors (Lipinski definition) is 5. The van der Waals surface area contributed by atoms with Crippen LogP contribution in [0.5, 0.6) is 0 Å². The molecule has 1 saturated carbocycles. The Labute approximate surface area is 118 Å². The lowest BCUT2D eigenvalue weighted by molar-refractivity contribution is -0.137. The van der Waals surface area contributed by atoms with Gasteiger partial charge < -0.3 is 4.84 Å². The Balaban J connectivity index is 2.16. The van der Waals surface area contributed by atoms with E-state index in [1.165, 1.54) is 0 Å². The molecule has 4 nitrogen and oxygen atoms in total. The predicted octanol–water partition coefficient (Wildman–Crippen LogP) is 2.32. The van der Waals surface area contributed by atoms with E-state index in [1.54, 1.807) is 6.92 Å². The zero-order valence-electron chi connectivity index (χ0n) is 11.8. The Hall–Kier alpha value is -0.840. The van der Waals surface area contributed by atoms with Gasteiger partial charge >= 0.3 is 0 Å². The number of Topliss-reactive ketones (excluding diaryl/α,β-unsaturated/α-hetero) is 2. The first-order valence-electron chi connectivity index (χ1n) is 6.80. The lowest BCUT2D eigenvalue weighted by atomic mass is 9.64. The van der Waals surface area contributed by atoms with Crippen molar-refractivity contribution in [3.63, 3.8) is 0 Å². The van der Waals surface area contributed by atoms with Crippen LogP contribution in [0.3, 0.4) is 0 Å². The summed E-state index contributed by atoms with van der Waals surface area (Å²) in [5.41, 5.74) is 0.409.